The third-order valence-electron chi connectivity index (χ3n) is 1.73. The Morgan fingerprint density at radius 3 is 2.75 bits per heavy atom. The van der Waals surface area contributed by atoms with E-state index < -0.39 is 0 Å². The Morgan fingerprint density at radius 2 is 2.50 bits per heavy atom. The van der Waals surface area contributed by atoms with Gasteiger partial charge >= 0.3 is 0 Å². The van der Waals surface area contributed by atoms with Gasteiger partial charge < -0.3 is 4.84 Å². The number of hydroxylamine groups is 2. The summed E-state index contributed by atoms with van der Waals surface area (Å²) < 4.78 is 0. The van der Waals surface area contributed by atoms with Crippen molar-refractivity contribution in [1.29, 1.82) is 0 Å². The summed E-state index contributed by atoms with van der Waals surface area (Å²) >= 11 is 0. The average molecular weight is 131 g/mol. The molecule has 0 aromatic carbocycles. The highest BCUT2D eigenvalue weighted by molar-refractivity contribution is 6.11. The maximum atomic E-state index is 5.09. The third-order valence-corrected chi connectivity index (χ3v) is 2.88. The van der Waals surface area contributed by atoms with Gasteiger partial charge in [-0.05, 0) is 12.8 Å². The molecule has 0 aromatic heterocycles. The molecule has 0 radical (unpaired) electrons. The van der Waals surface area contributed by atoms with Gasteiger partial charge in [-0.1, -0.05) is 0 Å². The van der Waals surface area contributed by atoms with Crippen molar-refractivity contribution < 1.29 is 4.84 Å². The van der Waals surface area contributed by atoms with E-state index in [4.69, 9.17) is 4.84 Å². The number of nitrogens with zero attached hydrogens (tertiary/aromatic N) is 1. The van der Waals surface area contributed by atoms with Crippen LogP contribution in [0.3, 0.4) is 0 Å². The van der Waals surface area contributed by atoms with Crippen LogP contribution in [0.1, 0.15) is 12.8 Å². The molecule has 3 heteroatoms. The highest BCUT2D eigenvalue weighted by Crippen LogP contribution is 2.12. The molecule has 0 bridgehead atoms. The van der Waals surface area contributed by atoms with Crippen molar-refractivity contribution in [2.24, 2.45) is 0 Å². The van der Waals surface area contributed by atoms with Crippen molar-refractivity contribution in [3.8, 4) is 0 Å². The maximum absolute atomic E-state index is 5.09. The monoisotopic (exact) mass is 131 g/mol. The molecule has 1 aliphatic heterocycles. The van der Waals surface area contributed by atoms with Gasteiger partial charge in [0.2, 0.25) is 0 Å². The zero-order valence-electron chi connectivity index (χ0n) is 5.55. The second-order valence-electron chi connectivity index (χ2n) is 2.31. The Bertz CT molecular complexity index is 78.8. The lowest BCUT2D eigenvalue weighted by atomic mass is 10.4. The highest BCUT2D eigenvalue weighted by Gasteiger charge is 2.18. The van der Waals surface area contributed by atoms with Crippen molar-refractivity contribution >= 4 is 10.2 Å². The van der Waals surface area contributed by atoms with Crippen LogP contribution < -0.4 is 0 Å². The molecule has 1 fully saturated rings. The Balaban J connectivity index is 2.30. The molecule has 1 saturated heterocycles. The molecule has 0 saturated carbocycles. The van der Waals surface area contributed by atoms with E-state index in [9.17, 15) is 0 Å². The van der Waals surface area contributed by atoms with Crippen LogP contribution in [-0.4, -0.2) is 34.6 Å². The quantitative estimate of drug-likeness (QED) is 0.438. The number of rotatable bonds is 1. The first kappa shape index (κ1) is 6.26. The standard InChI is InChI=1S/C5H13NOSi/c1-7-6-4-2-3-5(6)8/h5H,2-4H2,1,8H3. The number of hydrogen-bond donors (Lipinski definition) is 0. The third kappa shape index (κ3) is 1.10. The van der Waals surface area contributed by atoms with Gasteiger partial charge in [0.25, 0.3) is 0 Å². The summed E-state index contributed by atoms with van der Waals surface area (Å²) in [6.45, 7) is 1.14. The minimum absolute atomic E-state index is 0.778. The van der Waals surface area contributed by atoms with Crippen molar-refractivity contribution in [2.45, 2.75) is 18.5 Å². The minimum Gasteiger partial charge on any atom is -0.302 e. The molecule has 0 aromatic rings. The lowest BCUT2D eigenvalue weighted by Gasteiger charge is -2.16. The van der Waals surface area contributed by atoms with Crippen LogP contribution in [0.2, 0.25) is 0 Å². The SMILES string of the molecule is CON1CCCC1[SiH3]. The minimum atomic E-state index is 0.778. The maximum Gasteiger partial charge on any atom is 0.0575 e. The molecular formula is C5H13NOSi. The van der Waals surface area contributed by atoms with E-state index in [0.29, 0.717) is 0 Å². The first-order valence-corrected chi connectivity index (χ1v) is 4.31. The van der Waals surface area contributed by atoms with Crippen LogP contribution >= 0.6 is 0 Å². The van der Waals surface area contributed by atoms with Crippen molar-refractivity contribution in [2.75, 3.05) is 13.7 Å². The Morgan fingerprint density at radius 1 is 1.75 bits per heavy atom. The second kappa shape index (κ2) is 2.62. The molecule has 2 nitrogen and oxygen atoms in total. The summed E-state index contributed by atoms with van der Waals surface area (Å²) in [7, 11) is 3.01. The molecule has 0 spiro atoms. The summed E-state index contributed by atoms with van der Waals surface area (Å²) in [4.78, 5) is 5.09. The molecule has 1 atom stereocenters. The van der Waals surface area contributed by atoms with Crippen molar-refractivity contribution in [3.63, 3.8) is 0 Å². The van der Waals surface area contributed by atoms with Gasteiger partial charge in [-0.2, -0.15) is 5.06 Å². The van der Waals surface area contributed by atoms with Crippen LogP contribution in [-0.2, 0) is 4.84 Å². The van der Waals surface area contributed by atoms with Gasteiger partial charge in [0, 0.05) is 22.5 Å². The summed E-state index contributed by atoms with van der Waals surface area (Å²) in [5.74, 6) is 0. The molecule has 1 unspecified atom stereocenters. The van der Waals surface area contributed by atoms with Gasteiger partial charge in [-0.15, -0.1) is 0 Å². The van der Waals surface area contributed by atoms with Crippen molar-refractivity contribution in [1.82, 2.24) is 5.06 Å². The molecular weight excluding hydrogens is 118 g/mol. The molecule has 8 heavy (non-hydrogen) atoms. The van der Waals surface area contributed by atoms with E-state index in [1.165, 1.54) is 23.1 Å². The Hall–Kier alpha value is 0.137. The van der Waals surface area contributed by atoms with E-state index in [1.807, 2.05) is 0 Å². The van der Waals surface area contributed by atoms with E-state index >= 15 is 0 Å². The van der Waals surface area contributed by atoms with Gasteiger partial charge in [0.1, 0.15) is 0 Å². The fourth-order valence-corrected chi connectivity index (χ4v) is 2.06. The van der Waals surface area contributed by atoms with Crippen molar-refractivity contribution in [3.05, 3.63) is 0 Å². The first-order chi connectivity index (χ1) is 3.84. The van der Waals surface area contributed by atoms with Gasteiger partial charge in [-0.3, -0.25) is 0 Å². The summed E-state index contributed by atoms with van der Waals surface area (Å²) in [6.07, 6.45) is 2.67. The van der Waals surface area contributed by atoms with Crippen LogP contribution in [0.4, 0.5) is 0 Å². The van der Waals surface area contributed by atoms with E-state index in [2.05, 4.69) is 5.06 Å². The molecule has 0 N–H and O–H groups in total. The Labute approximate surface area is 53.2 Å². The second-order valence-corrected chi connectivity index (χ2v) is 3.65. The zero-order chi connectivity index (χ0) is 5.98. The summed E-state index contributed by atoms with van der Waals surface area (Å²) in [5, 5.41) is 2.09. The van der Waals surface area contributed by atoms with Crippen LogP contribution in [0, 0.1) is 0 Å². The predicted molar refractivity (Wildman–Crippen MR) is 36.7 cm³/mol. The fourth-order valence-electron chi connectivity index (χ4n) is 1.18. The van der Waals surface area contributed by atoms with Crippen LogP contribution in [0.15, 0.2) is 0 Å². The molecule has 1 heterocycles. The predicted octanol–water partition coefficient (Wildman–Crippen LogP) is -0.665. The topological polar surface area (TPSA) is 12.5 Å². The van der Waals surface area contributed by atoms with E-state index in [0.717, 1.165) is 12.2 Å². The molecule has 0 amide bonds. The normalized spacial score (nSPS) is 31.9. The molecule has 1 rings (SSSR count). The largest absolute Gasteiger partial charge is 0.302 e. The molecule has 48 valence electrons. The lowest BCUT2D eigenvalue weighted by molar-refractivity contribution is -0.122. The average Bonchev–Trinajstić information content (AvgIpc) is 2.14. The fraction of sp³-hybridized carbons (Fsp3) is 1.00. The zero-order valence-corrected chi connectivity index (χ0v) is 7.55. The van der Waals surface area contributed by atoms with Crippen LogP contribution in [0.25, 0.3) is 0 Å². The first-order valence-electron chi connectivity index (χ1n) is 3.15. The van der Waals surface area contributed by atoms with E-state index in [1.54, 1.807) is 7.11 Å². The van der Waals surface area contributed by atoms with Gasteiger partial charge in [-0.25, -0.2) is 0 Å². The molecule has 0 aliphatic carbocycles. The molecule has 1 aliphatic rings. The summed E-state index contributed by atoms with van der Waals surface area (Å²) in [5.41, 5.74) is 0.778. The van der Waals surface area contributed by atoms with E-state index in [-0.39, 0.29) is 0 Å². The number of hydrogen-bond acceptors (Lipinski definition) is 2. The smallest absolute Gasteiger partial charge is 0.0575 e. The lowest BCUT2D eigenvalue weighted by Crippen LogP contribution is -2.27. The van der Waals surface area contributed by atoms with Crippen LogP contribution in [0.5, 0.6) is 0 Å². The highest BCUT2D eigenvalue weighted by atomic mass is 28.1. The van der Waals surface area contributed by atoms with Gasteiger partial charge in [0.05, 0.1) is 7.11 Å². The van der Waals surface area contributed by atoms with Gasteiger partial charge in [0.15, 0.2) is 0 Å². The summed E-state index contributed by atoms with van der Waals surface area (Å²) in [6, 6.07) is 0. The Kier molecular flexibility index (Phi) is 2.05.